The van der Waals surface area contributed by atoms with E-state index in [-0.39, 0.29) is 35.6 Å². The summed E-state index contributed by atoms with van der Waals surface area (Å²) in [7, 11) is 0. The van der Waals surface area contributed by atoms with Crippen LogP contribution in [0.2, 0.25) is 0 Å². The molecule has 0 bridgehead atoms. The van der Waals surface area contributed by atoms with Crippen LogP contribution in [0.25, 0.3) is 0 Å². The lowest BCUT2D eigenvalue weighted by Crippen LogP contribution is -2.24. The molecule has 0 spiro atoms. The van der Waals surface area contributed by atoms with Gasteiger partial charge >= 0.3 is 0 Å². The van der Waals surface area contributed by atoms with E-state index in [1.54, 1.807) is 29.7 Å². The van der Waals surface area contributed by atoms with Crippen LogP contribution in [-0.2, 0) is 17.9 Å². The number of aromatic nitrogens is 3. The van der Waals surface area contributed by atoms with Crippen molar-refractivity contribution in [3.63, 3.8) is 0 Å². The van der Waals surface area contributed by atoms with Gasteiger partial charge in [-0.05, 0) is 30.7 Å². The van der Waals surface area contributed by atoms with E-state index >= 15 is 0 Å². The number of thioether (sulfide) groups is 1. The van der Waals surface area contributed by atoms with Gasteiger partial charge in [0.2, 0.25) is 5.91 Å². The number of furan rings is 1. The summed E-state index contributed by atoms with van der Waals surface area (Å²) in [6.45, 7) is 5.91. The Morgan fingerprint density at radius 1 is 1.34 bits per heavy atom. The van der Waals surface area contributed by atoms with E-state index in [4.69, 9.17) is 4.42 Å². The number of anilines is 1. The summed E-state index contributed by atoms with van der Waals surface area (Å²) in [6, 6.07) is 7.39. The fraction of sp³-hybridized carbons (Fsp3) is 0.200. The second kappa shape index (κ2) is 10.4. The molecule has 166 valence electrons. The van der Waals surface area contributed by atoms with E-state index < -0.39 is 4.92 Å². The molecule has 32 heavy (non-hydrogen) atoms. The number of benzene rings is 1. The Kier molecular flexibility index (Phi) is 7.39. The minimum Gasteiger partial charge on any atom is -0.459 e. The zero-order valence-corrected chi connectivity index (χ0v) is 17.9. The molecule has 2 aromatic heterocycles. The highest BCUT2D eigenvalue weighted by atomic mass is 32.2. The van der Waals surface area contributed by atoms with Crippen LogP contribution < -0.4 is 10.6 Å². The molecular weight excluding hydrogens is 436 g/mol. The van der Waals surface area contributed by atoms with Crippen molar-refractivity contribution in [1.82, 2.24) is 20.1 Å². The molecule has 0 saturated carbocycles. The molecule has 0 saturated heterocycles. The number of amides is 2. The first-order valence-electron chi connectivity index (χ1n) is 9.41. The Morgan fingerprint density at radius 2 is 2.16 bits per heavy atom. The molecule has 0 radical (unpaired) electrons. The molecule has 2 heterocycles. The third-order valence-corrected chi connectivity index (χ3v) is 5.25. The predicted molar refractivity (Wildman–Crippen MR) is 117 cm³/mol. The van der Waals surface area contributed by atoms with Crippen molar-refractivity contribution in [1.29, 1.82) is 0 Å². The van der Waals surface area contributed by atoms with Crippen molar-refractivity contribution in [2.75, 3.05) is 11.1 Å². The van der Waals surface area contributed by atoms with Crippen LogP contribution in [0.3, 0.4) is 0 Å². The monoisotopic (exact) mass is 456 g/mol. The molecule has 2 amide bonds. The Labute approximate surface area is 187 Å². The summed E-state index contributed by atoms with van der Waals surface area (Å²) in [6.07, 6.45) is 3.07. The van der Waals surface area contributed by atoms with Crippen molar-refractivity contribution in [2.45, 2.75) is 25.2 Å². The molecule has 3 rings (SSSR count). The summed E-state index contributed by atoms with van der Waals surface area (Å²) in [5.41, 5.74) is 1.04. The average Bonchev–Trinajstić information content (AvgIpc) is 3.43. The first-order chi connectivity index (χ1) is 15.4. The number of nitrogens with zero attached hydrogens (tertiary/aromatic N) is 4. The second-order valence-electron chi connectivity index (χ2n) is 6.55. The number of nitro groups is 1. The molecular formula is C20H20N6O5S. The van der Waals surface area contributed by atoms with Gasteiger partial charge in [-0.1, -0.05) is 17.8 Å². The van der Waals surface area contributed by atoms with Crippen LogP contribution in [0.4, 0.5) is 11.4 Å². The van der Waals surface area contributed by atoms with Gasteiger partial charge in [0, 0.05) is 24.4 Å². The maximum Gasteiger partial charge on any atom is 0.287 e. The van der Waals surface area contributed by atoms with Crippen LogP contribution in [0.1, 0.15) is 21.9 Å². The molecule has 2 N–H and O–H groups in total. The number of allylic oxidation sites excluding steroid dienone is 1. The fourth-order valence-electron chi connectivity index (χ4n) is 2.74. The van der Waals surface area contributed by atoms with Crippen LogP contribution >= 0.6 is 11.8 Å². The zero-order valence-electron chi connectivity index (χ0n) is 17.1. The van der Waals surface area contributed by atoms with Gasteiger partial charge in [-0.2, -0.15) is 0 Å². The standard InChI is InChI=1S/C20H20N6O5S/c1-3-8-25-17(11-21-19(28)16-5-4-9-31-16)23-24-20(25)32-12-18(27)22-15-7-6-14(26(29)30)10-13(15)2/h3-7,9-10H,1,8,11-12H2,2H3,(H,21,28)(H,22,27). The van der Waals surface area contributed by atoms with Crippen molar-refractivity contribution in [3.8, 4) is 0 Å². The second-order valence-corrected chi connectivity index (χ2v) is 7.49. The van der Waals surface area contributed by atoms with Gasteiger partial charge in [-0.3, -0.25) is 19.7 Å². The van der Waals surface area contributed by atoms with Gasteiger partial charge in [0.05, 0.1) is 23.5 Å². The van der Waals surface area contributed by atoms with Crippen LogP contribution in [-0.4, -0.2) is 37.3 Å². The van der Waals surface area contributed by atoms with E-state index in [9.17, 15) is 19.7 Å². The highest BCUT2D eigenvalue weighted by Gasteiger charge is 2.16. The van der Waals surface area contributed by atoms with E-state index in [0.29, 0.717) is 28.8 Å². The highest BCUT2D eigenvalue weighted by Crippen LogP contribution is 2.22. The topological polar surface area (TPSA) is 145 Å². The normalized spacial score (nSPS) is 10.5. The summed E-state index contributed by atoms with van der Waals surface area (Å²) in [5.74, 6) is 0.0549. The van der Waals surface area contributed by atoms with Crippen molar-refractivity contribution in [2.24, 2.45) is 0 Å². The summed E-state index contributed by atoms with van der Waals surface area (Å²) in [4.78, 5) is 34.8. The number of carbonyl (C=O) groups excluding carboxylic acids is 2. The molecule has 12 heteroatoms. The average molecular weight is 456 g/mol. The van der Waals surface area contributed by atoms with Crippen LogP contribution in [0, 0.1) is 17.0 Å². The predicted octanol–water partition coefficient (Wildman–Crippen LogP) is 2.93. The first kappa shape index (κ1) is 22.7. The first-order valence-corrected chi connectivity index (χ1v) is 10.4. The largest absolute Gasteiger partial charge is 0.459 e. The van der Waals surface area contributed by atoms with Gasteiger partial charge in [-0.15, -0.1) is 16.8 Å². The number of aryl methyl sites for hydroxylation is 1. The molecule has 0 aliphatic carbocycles. The van der Waals surface area contributed by atoms with Crippen molar-refractivity contribution >= 4 is 35.0 Å². The minimum atomic E-state index is -0.491. The quantitative estimate of drug-likeness (QED) is 0.205. The fourth-order valence-corrected chi connectivity index (χ4v) is 3.51. The van der Waals surface area contributed by atoms with E-state index in [0.717, 1.165) is 0 Å². The molecule has 3 aromatic rings. The molecule has 0 unspecified atom stereocenters. The molecule has 11 nitrogen and oxygen atoms in total. The smallest absolute Gasteiger partial charge is 0.287 e. The van der Waals surface area contributed by atoms with Gasteiger partial charge in [-0.25, -0.2) is 0 Å². The van der Waals surface area contributed by atoms with E-state index in [1.807, 2.05) is 0 Å². The summed E-state index contributed by atoms with van der Waals surface area (Å²) < 4.78 is 6.79. The lowest BCUT2D eigenvalue weighted by molar-refractivity contribution is -0.384. The number of nitrogens with one attached hydrogen (secondary N) is 2. The lowest BCUT2D eigenvalue weighted by atomic mass is 10.2. The van der Waals surface area contributed by atoms with Gasteiger partial charge < -0.3 is 19.6 Å². The molecule has 1 aromatic carbocycles. The maximum absolute atomic E-state index is 12.4. The molecule has 0 fully saturated rings. The van der Waals surface area contributed by atoms with Crippen molar-refractivity contribution in [3.05, 3.63) is 76.5 Å². The van der Waals surface area contributed by atoms with Gasteiger partial charge in [0.25, 0.3) is 11.6 Å². The van der Waals surface area contributed by atoms with E-state index in [1.165, 1.54) is 36.2 Å². The number of hydrogen-bond donors (Lipinski definition) is 2. The SMILES string of the molecule is C=CCn1c(CNC(=O)c2ccco2)nnc1SCC(=O)Nc1ccc([N+](=O)[O-])cc1C. The van der Waals surface area contributed by atoms with E-state index in [2.05, 4.69) is 27.4 Å². The number of hydrogen-bond acceptors (Lipinski definition) is 8. The Balaban J connectivity index is 1.60. The Hall–Kier alpha value is -3.93. The highest BCUT2D eigenvalue weighted by molar-refractivity contribution is 7.99. The zero-order chi connectivity index (χ0) is 23.1. The number of nitro benzene ring substituents is 1. The van der Waals surface area contributed by atoms with Crippen molar-refractivity contribution < 1.29 is 18.9 Å². The molecule has 0 aliphatic heterocycles. The Morgan fingerprint density at radius 3 is 2.81 bits per heavy atom. The maximum atomic E-state index is 12.4. The van der Waals surface area contributed by atoms with Gasteiger partial charge in [0.15, 0.2) is 16.7 Å². The summed E-state index contributed by atoms with van der Waals surface area (Å²) >= 11 is 1.17. The third kappa shape index (κ3) is 5.60. The Bertz CT molecular complexity index is 1140. The minimum absolute atomic E-state index is 0.0425. The number of rotatable bonds is 10. The van der Waals surface area contributed by atoms with Crippen LogP contribution in [0.5, 0.6) is 0 Å². The third-order valence-electron chi connectivity index (χ3n) is 4.28. The lowest BCUT2D eigenvalue weighted by Gasteiger charge is -2.09. The summed E-state index contributed by atoms with van der Waals surface area (Å²) in [5, 5.41) is 25.0. The molecule has 0 atom stereocenters. The number of carbonyl (C=O) groups is 2. The molecule has 0 aliphatic rings. The number of non-ortho nitro benzene ring substituents is 1. The van der Waals surface area contributed by atoms with Gasteiger partial charge in [0.1, 0.15) is 0 Å². The van der Waals surface area contributed by atoms with Crippen LogP contribution in [0.15, 0.2) is 58.8 Å².